The summed E-state index contributed by atoms with van der Waals surface area (Å²) in [6, 6.07) is 21.1. The second-order valence-electron chi connectivity index (χ2n) is 10.2. The number of halogens is 2. The SMILES string of the molecule is O=C(Oc1ccc(Cl)cc1)N1CCc2c([nH]c3ccc(Cl)cc23)C1c1ccc(SCCN2CCCCC2)cc1. The number of piperidine rings is 1. The van der Waals surface area contributed by atoms with Crippen LogP contribution in [0.5, 0.6) is 5.75 Å². The molecule has 202 valence electrons. The quantitative estimate of drug-likeness (QED) is 0.234. The Bertz CT molecular complexity index is 1450. The highest BCUT2D eigenvalue weighted by molar-refractivity contribution is 7.99. The van der Waals surface area contributed by atoms with Gasteiger partial charge in [-0.25, -0.2) is 4.79 Å². The predicted octanol–water partition coefficient (Wildman–Crippen LogP) is 8.20. The normalized spacial score (nSPS) is 17.8. The van der Waals surface area contributed by atoms with Crippen molar-refractivity contribution in [3.8, 4) is 5.75 Å². The van der Waals surface area contributed by atoms with Crippen molar-refractivity contribution in [2.45, 2.75) is 36.6 Å². The van der Waals surface area contributed by atoms with Crippen LogP contribution in [0.15, 0.2) is 71.6 Å². The van der Waals surface area contributed by atoms with E-state index in [1.807, 2.05) is 34.9 Å². The summed E-state index contributed by atoms with van der Waals surface area (Å²) < 4.78 is 5.79. The van der Waals surface area contributed by atoms with Crippen molar-refractivity contribution in [3.63, 3.8) is 0 Å². The second-order valence-corrected chi connectivity index (χ2v) is 12.2. The van der Waals surface area contributed by atoms with Gasteiger partial charge in [0.15, 0.2) is 0 Å². The van der Waals surface area contributed by atoms with Crippen molar-refractivity contribution in [1.82, 2.24) is 14.8 Å². The van der Waals surface area contributed by atoms with Crippen LogP contribution in [-0.4, -0.2) is 52.8 Å². The number of thioether (sulfide) groups is 1. The van der Waals surface area contributed by atoms with Crippen molar-refractivity contribution in [2.75, 3.05) is 31.9 Å². The summed E-state index contributed by atoms with van der Waals surface area (Å²) in [5.74, 6) is 1.55. The molecule has 1 unspecified atom stereocenters. The Morgan fingerprint density at radius 2 is 1.67 bits per heavy atom. The first-order valence-electron chi connectivity index (χ1n) is 13.5. The molecule has 1 fully saturated rings. The Morgan fingerprint density at radius 1 is 0.923 bits per heavy atom. The van der Waals surface area contributed by atoms with Crippen LogP contribution in [-0.2, 0) is 6.42 Å². The Labute approximate surface area is 243 Å². The molecule has 3 heterocycles. The predicted molar refractivity (Wildman–Crippen MR) is 160 cm³/mol. The molecule has 2 aliphatic rings. The smallest absolute Gasteiger partial charge is 0.410 e. The van der Waals surface area contributed by atoms with Crippen molar-refractivity contribution >= 4 is 52.0 Å². The van der Waals surface area contributed by atoms with Gasteiger partial charge in [-0.15, -0.1) is 11.8 Å². The summed E-state index contributed by atoms with van der Waals surface area (Å²) in [6.45, 7) is 4.11. The Hall–Kier alpha value is -2.64. The number of nitrogens with zero attached hydrogens (tertiary/aromatic N) is 2. The summed E-state index contributed by atoms with van der Waals surface area (Å²) in [5.41, 5.74) is 4.28. The fourth-order valence-corrected chi connectivity index (χ4v) is 6.90. The molecular weight excluding hydrogens is 549 g/mol. The summed E-state index contributed by atoms with van der Waals surface area (Å²) >= 11 is 14.3. The van der Waals surface area contributed by atoms with Crippen LogP contribution < -0.4 is 4.74 Å². The number of carbonyl (C=O) groups excluding carboxylic acids is 1. The molecule has 1 atom stereocenters. The van der Waals surface area contributed by atoms with E-state index in [4.69, 9.17) is 27.9 Å². The molecule has 0 spiro atoms. The molecule has 1 N–H and O–H groups in total. The summed E-state index contributed by atoms with van der Waals surface area (Å²) in [5, 5.41) is 2.41. The van der Waals surface area contributed by atoms with Gasteiger partial charge >= 0.3 is 6.09 Å². The van der Waals surface area contributed by atoms with Crippen molar-refractivity contribution in [3.05, 3.63) is 93.6 Å². The highest BCUT2D eigenvalue weighted by Crippen LogP contribution is 2.40. The molecule has 6 rings (SSSR count). The third-order valence-electron chi connectivity index (χ3n) is 7.66. The molecule has 1 saturated heterocycles. The molecule has 0 aliphatic carbocycles. The number of amides is 1. The molecule has 8 heteroatoms. The van der Waals surface area contributed by atoms with Gasteiger partial charge in [0.25, 0.3) is 0 Å². The maximum absolute atomic E-state index is 13.5. The first-order valence-corrected chi connectivity index (χ1v) is 15.3. The molecule has 3 aromatic carbocycles. The topological polar surface area (TPSA) is 48.6 Å². The monoisotopic (exact) mass is 579 g/mol. The van der Waals surface area contributed by atoms with E-state index < -0.39 is 0 Å². The summed E-state index contributed by atoms with van der Waals surface area (Å²) in [6.07, 6.45) is 4.33. The largest absolute Gasteiger partial charge is 0.416 e. The maximum atomic E-state index is 13.5. The minimum absolute atomic E-state index is 0.299. The molecule has 0 saturated carbocycles. The average molecular weight is 581 g/mol. The Morgan fingerprint density at radius 3 is 2.44 bits per heavy atom. The molecular formula is C31H31Cl2N3O2S. The number of likely N-dealkylation sites (tertiary alicyclic amines) is 1. The van der Waals surface area contributed by atoms with Gasteiger partial charge in [0, 0.05) is 50.4 Å². The van der Waals surface area contributed by atoms with Gasteiger partial charge in [0.2, 0.25) is 0 Å². The first-order chi connectivity index (χ1) is 19.0. The van der Waals surface area contributed by atoms with Gasteiger partial charge < -0.3 is 14.6 Å². The standard InChI is InChI=1S/C31H31Cl2N3O2S/c32-22-6-9-24(10-7-22)38-31(37)36-17-14-26-27-20-23(33)8-13-28(27)34-29(26)30(36)21-4-11-25(12-5-21)39-19-18-35-15-2-1-3-16-35/h4-13,20,30,34H,1-3,14-19H2. The maximum Gasteiger partial charge on any atom is 0.416 e. The van der Waals surface area contributed by atoms with E-state index >= 15 is 0 Å². The van der Waals surface area contributed by atoms with Crippen LogP contribution in [0.2, 0.25) is 10.0 Å². The number of fused-ring (bicyclic) bond motifs is 3. The zero-order valence-corrected chi connectivity index (χ0v) is 24.0. The molecule has 0 bridgehead atoms. The number of nitrogens with one attached hydrogen (secondary N) is 1. The van der Waals surface area contributed by atoms with E-state index in [9.17, 15) is 4.79 Å². The number of aromatic nitrogens is 1. The number of aromatic amines is 1. The van der Waals surface area contributed by atoms with E-state index in [-0.39, 0.29) is 12.1 Å². The van der Waals surface area contributed by atoms with Gasteiger partial charge in [-0.2, -0.15) is 0 Å². The lowest BCUT2D eigenvalue weighted by atomic mass is 9.93. The van der Waals surface area contributed by atoms with Gasteiger partial charge in [-0.1, -0.05) is 41.8 Å². The van der Waals surface area contributed by atoms with E-state index in [0.717, 1.165) is 34.5 Å². The number of carbonyl (C=O) groups is 1. The van der Waals surface area contributed by atoms with Gasteiger partial charge in [0.05, 0.1) is 0 Å². The van der Waals surface area contributed by atoms with E-state index in [2.05, 4.69) is 34.1 Å². The highest BCUT2D eigenvalue weighted by atomic mass is 35.5. The van der Waals surface area contributed by atoms with Gasteiger partial charge in [-0.3, -0.25) is 4.90 Å². The molecule has 5 nitrogen and oxygen atoms in total. The molecule has 1 amide bonds. The van der Waals surface area contributed by atoms with Gasteiger partial charge in [-0.05, 0) is 98.1 Å². The van der Waals surface area contributed by atoms with E-state index in [1.165, 1.54) is 42.8 Å². The van der Waals surface area contributed by atoms with Crippen molar-refractivity contribution < 1.29 is 9.53 Å². The molecule has 1 aromatic heterocycles. The molecule has 39 heavy (non-hydrogen) atoms. The van der Waals surface area contributed by atoms with Crippen LogP contribution in [0.1, 0.15) is 42.1 Å². The molecule has 4 aromatic rings. The number of rotatable bonds is 6. The third kappa shape index (κ3) is 5.94. The number of hydrogen-bond acceptors (Lipinski definition) is 4. The van der Waals surface area contributed by atoms with Crippen LogP contribution in [0, 0.1) is 0 Å². The minimum atomic E-state index is -0.385. The van der Waals surface area contributed by atoms with Crippen molar-refractivity contribution in [2.24, 2.45) is 0 Å². The number of benzene rings is 3. The fourth-order valence-electron chi connectivity index (χ4n) is 5.69. The Kier molecular flexibility index (Phi) is 8.07. The summed E-state index contributed by atoms with van der Waals surface area (Å²) in [4.78, 5) is 22.7. The van der Waals surface area contributed by atoms with Crippen molar-refractivity contribution in [1.29, 1.82) is 0 Å². The van der Waals surface area contributed by atoms with Crippen LogP contribution >= 0.6 is 35.0 Å². The Balaban J connectivity index is 1.26. The minimum Gasteiger partial charge on any atom is -0.410 e. The second kappa shape index (κ2) is 11.8. The molecule has 0 radical (unpaired) electrons. The highest BCUT2D eigenvalue weighted by Gasteiger charge is 2.35. The van der Waals surface area contributed by atoms with Crippen LogP contribution in [0.4, 0.5) is 4.79 Å². The fraction of sp³-hybridized carbons (Fsp3) is 0.323. The van der Waals surface area contributed by atoms with E-state index in [1.54, 1.807) is 24.3 Å². The lowest BCUT2D eigenvalue weighted by Crippen LogP contribution is -2.42. The van der Waals surface area contributed by atoms with Crippen LogP contribution in [0.3, 0.4) is 0 Å². The number of H-pyrrole nitrogens is 1. The number of hydrogen-bond donors (Lipinski definition) is 1. The zero-order chi connectivity index (χ0) is 26.8. The van der Waals surface area contributed by atoms with Gasteiger partial charge in [0.1, 0.15) is 11.8 Å². The zero-order valence-electron chi connectivity index (χ0n) is 21.7. The number of ether oxygens (including phenoxy) is 1. The summed E-state index contributed by atoms with van der Waals surface area (Å²) in [7, 11) is 0. The lowest BCUT2D eigenvalue weighted by molar-refractivity contribution is 0.135. The third-order valence-corrected chi connectivity index (χ3v) is 9.14. The molecule has 2 aliphatic heterocycles. The van der Waals surface area contributed by atoms with E-state index in [0.29, 0.717) is 28.8 Å². The first kappa shape index (κ1) is 26.6. The average Bonchev–Trinajstić information content (AvgIpc) is 3.32. The van der Waals surface area contributed by atoms with Crippen LogP contribution in [0.25, 0.3) is 10.9 Å². The lowest BCUT2D eigenvalue weighted by Gasteiger charge is -2.35.